The summed E-state index contributed by atoms with van der Waals surface area (Å²) in [6.45, 7) is 1.93. The Bertz CT molecular complexity index is 611. The molecule has 0 radical (unpaired) electrons. The molecule has 1 aromatic rings. The van der Waals surface area contributed by atoms with Crippen molar-refractivity contribution in [3.05, 3.63) is 11.8 Å². The van der Waals surface area contributed by atoms with Gasteiger partial charge in [-0.25, -0.2) is 5.48 Å². The largest absolute Gasteiger partial charge is 0.534 e. The quantitative estimate of drug-likeness (QED) is 0.357. The minimum absolute atomic E-state index is 0.170. The molecule has 0 atom stereocenters. The summed E-state index contributed by atoms with van der Waals surface area (Å²) in [7, 11) is -4.64. The molecule has 0 fully saturated rings. The molecule has 0 saturated heterocycles. The van der Waals surface area contributed by atoms with Crippen molar-refractivity contribution in [1.29, 1.82) is 0 Å². The average molecular weight is 331 g/mol. The second kappa shape index (κ2) is 6.30. The van der Waals surface area contributed by atoms with Crippen LogP contribution in [0.25, 0.3) is 0 Å². The van der Waals surface area contributed by atoms with E-state index in [0.717, 1.165) is 10.9 Å². The van der Waals surface area contributed by atoms with E-state index in [1.165, 1.54) is 7.05 Å². The maximum atomic E-state index is 12.2. The first-order valence-corrected chi connectivity index (χ1v) is 6.96. The molecule has 0 aliphatic heterocycles. The first-order valence-electron chi connectivity index (χ1n) is 5.55. The SMILES string of the molecule is CCCONC(=O)c1cn(C)nc1OS(=O)(=O)C(F)(F)F. The van der Waals surface area contributed by atoms with E-state index in [-0.39, 0.29) is 6.61 Å². The molecule has 1 amide bonds. The number of aryl methyl sites for hydroxylation is 1. The molecule has 1 rings (SSSR count). The van der Waals surface area contributed by atoms with E-state index in [2.05, 4.69) is 9.28 Å². The van der Waals surface area contributed by atoms with Crippen molar-refractivity contribution >= 4 is 16.0 Å². The van der Waals surface area contributed by atoms with Gasteiger partial charge in [-0.3, -0.25) is 14.3 Å². The van der Waals surface area contributed by atoms with Crippen LogP contribution in [0.5, 0.6) is 5.88 Å². The van der Waals surface area contributed by atoms with Crippen LogP contribution in [-0.4, -0.2) is 36.2 Å². The van der Waals surface area contributed by atoms with Crippen LogP contribution in [0, 0.1) is 0 Å². The van der Waals surface area contributed by atoms with Gasteiger partial charge in [0.2, 0.25) is 0 Å². The fourth-order valence-corrected chi connectivity index (χ4v) is 1.54. The van der Waals surface area contributed by atoms with Crippen molar-refractivity contribution in [3.63, 3.8) is 0 Å². The Hall–Kier alpha value is -1.82. The number of aromatic nitrogens is 2. The molecule has 0 unspecified atom stereocenters. The van der Waals surface area contributed by atoms with E-state index in [0.29, 0.717) is 6.42 Å². The van der Waals surface area contributed by atoms with Crippen LogP contribution < -0.4 is 9.66 Å². The highest BCUT2D eigenvalue weighted by Crippen LogP contribution is 2.27. The summed E-state index contributed by atoms with van der Waals surface area (Å²) in [5.74, 6) is -1.98. The van der Waals surface area contributed by atoms with Gasteiger partial charge in [0.25, 0.3) is 11.8 Å². The van der Waals surface area contributed by atoms with Crippen molar-refractivity contribution in [2.75, 3.05) is 6.61 Å². The lowest BCUT2D eigenvalue weighted by molar-refractivity contribution is -0.0501. The number of hydroxylamine groups is 1. The van der Waals surface area contributed by atoms with Gasteiger partial charge in [-0.15, -0.1) is 5.10 Å². The van der Waals surface area contributed by atoms with Gasteiger partial charge in [-0.05, 0) is 6.42 Å². The van der Waals surface area contributed by atoms with Crippen LogP contribution >= 0.6 is 0 Å². The van der Waals surface area contributed by atoms with Crippen LogP contribution in [0.1, 0.15) is 23.7 Å². The Morgan fingerprint density at radius 3 is 2.62 bits per heavy atom. The number of nitrogens with zero attached hydrogens (tertiary/aromatic N) is 2. The lowest BCUT2D eigenvalue weighted by Gasteiger charge is -2.08. The summed E-state index contributed by atoms with van der Waals surface area (Å²) in [4.78, 5) is 16.3. The van der Waals surface area contributed by atoms with Crippen molar-refractivity contribution in [2.45, 2.75) is 18.9 Å². The van der Waals surface area contributed by atoms with Crippen LogP contribution in [0.15, 0.2) is 6.20 Å². The van der Waals surface area contributed by atoms with E-state index in [9.17, 15) is 26.4 Å². The highest BCUT2D eigenvalue weighted by Gasteiger charge is 2.49. The second-order valence-electron chi connectivity index (χ2n) is 3.78. The molecule has 0 aliphatic rings. The zero-order valence-electron chi connectivity index (χ0n) is 11.0. The number of nitrogens with one attached hydrogen (secondary N) is 1. The summed E-state index contributed by atoms with van der Waals surface area (Å²) in [6.07, 6.45) is 1.57. The number of rotatable bonds is 6. The Morgan fingerprint density at radius 2 is 2.10 bits per heavy atom. The fourth-order valence-electron chi connectivity index (χ4n) is 1.11. The Balaban J connectivity index is 2.97. The predicted molar refractivity (Wildman–Crippen MR) is 62.5 cm³/mol. The van der Waals surface area contributed by atoms with E-state index < -0.39 is 33.0 Å². The minimum atomic E-state index is -5.92. The number of halogens is 3. The van der Waals surface area contributed by atoms with E-state index in [1.807, 2.05) is 5.48 Å². The van der Waals surface area contributed by atoms with Crippen molar-refractivity contribution < 1.29 is 35.4 Å². The number of hydrogen-bond donors (Lipinski definition) is 1. The summed E-state index contributed by atoms with van der Waals surface area (Å²) in [6, 6.07) is 0. The standard InChI is InChI=1S/C9H12F3N3O5S/c1-3-4-19-14-7(16)6-5-15(2)13-8(6)20-21(17,18)9(10,11)12/h5H,3-4H2,1-2H3,(H,14,16). The van der Waals surface area contributed by atoms with Gasteiger partial charge in [0, 0.05) is 13.2 Å². The molecule has 21 heavy (non-hydrogen) atoms. The van der Waals surface area contributed by atoms with Gasteiger partial charge in [0.1, 0.15) is 5.56 Å². The molecule has 1 aromatic heterocycles. The van der Waals surface area contributed by atoms with Gasteiger partial charge in [0.15, 0.2) is 0 Å². The molecule has 120 valence electrons. The van der Waals surface area contributed by atoms with Crippen LogP contribution in [0.2, 0.25) is 0 Å². The van der Waals surface area contributed by atoms with Crippen LogP contribution in [0.3, 0.4) is 0 Å². The topological polar surface area (TPSA) is 99.5 Å². The molecule has 1 N–H and O–H groups in total. The second-order valence-corrected chi connectivity index (χ2v) is 5.32. The molecule has 1 heterocycles. The number of carbonyl (C=O) groups is 1. The van der Waals surface area contributed by atoms with Crippen molar-refractivity contribution in [2.24, 2.45) is 7.05 Å². The molecular formula is C9H12F3N3O5S. The van der Waals surface area contributed by atoms with E-state index in [1.54, 1.807) is 6.92 Å². The third-order valence-electron chi connectivity index (χ3n) is 1.98. The zero-order chi connectivity index (χ0) is 16.3. The maximum absolute atomic E-state index is 12.2. The number of carbonyl (C=O) groups excluding carboxylic acids is 1. The number of amides is 1. The third kappa shape index (κ3) is 4.32. The minimum Gasteiger partial charge on any atom is -0.353 e. The van der Waals surface area contributed by atoms with Gasteiger partial charge in [0.05, 0.1) is 6.61 Å². The zero-order valence-corrected chi connectivity index (χ0v) is 11.8. The highest BCUT2D eigenvalue weighted by molar-refractivity contribution is 7.87. The van der Waals surface area contributed by atoms with E-state index in [4.69, 9.17) is 4.84 Å². The van der Waals surface area contributed by atoms with Crippen LogP contribution in [-0.2, 0) is 22.0 Å². The molecule has 12 heteroatoms. The molecule has 0 spiro atoms. The van der Waals surface area contributed by atoms with E-state index >= 15 is 0 Å². The smallest absolute Gasteiger partial charge is 0.353 e. The van der Waals surface area contributed by atoms with Crippen molar-refractivity contribution in [3.8, 4) is 5.88 Å². The molecule has 8 nitrogen and oxygen atoms in total. The molecule has 0 aliphatic carbocycles. The lowest BCUT2D eigenvalue weighted by Crippen LogP contribution is -2.30. The lowest BCUT2D eigenvalue weighted by atomic mass is 10.3. The van der Waals surface area contributed by atoms with Gasteiger partial charge < -0.3 is 4.18 Å². The van der Waals surface area contributed by atoms with Crippen LogP contribution in [0.4, 0.5) is 13.2 Å². The molecule has 0 aromatic carbocycles. The number of hydrogen-bond acceptors (Lipinski definition) is 6. The molecule has 0 bridgehead atoms. The Labute approximate surface area is 117 Å². The molecule has 0 saturated carbocycles. The Morgan fingerprint density at radius 1 is 1.48 bits per heavy atom. The summed E-state index contributed by atoms with van der Waals surface area (Å²) >= 11 is 0. The first-order chi connectivity index (χ1) is 9.58. The first kappa shape index (κ1) is 17.2. The number of alkyl halides is 3. The summed E-state index contributed by atoms with van der Waals surface area (Å²) in [5.41, 5.74) is -4.21. The predicted octanol–water partition coefficient (Wildman–Crippen LogP) is 0.720. The van der Waals surface area contributed by atoms with Gasteiger partial charge >= 0.3 is 15.6 Å². The monoisotopic (exact) mass is 331 g/mol. The maximum Gasteiger partial charge on any atom is 0.534 e. The normalized spacial score (nSPS) is 12.2. The molecular weight excluding hydrogens is 319 g/mol. The summed E-state index contributed by atoms with van der Waals surface area (Å²) in [5, 5.41) is 3.36. The average Bonchev–Trinajstić information content (AvgIpc) is 2.68. The highest BCUT2D eigenvalue weighted by atomic mass is 32.2. The Kier molecular flexibility index (Phi) is 5.17. The van der Waals surface area contributed by atoms with Gasteiger partial charge in [-0.2, -0.15) is 21.6 Å². The summed E-state index contributed by atoms with van der Waals surface area (Å²) < 4.78 is 63.3. The van der Waals surface area contributed by atoms with Gasteiger partial charge in [-0.1, -0.05) is 6.92 Å². The third-order valence-corrected chi connectivity index (χ3v) is 2.93. The fraction of sp³-hybridized carbons (Fsp3) is 0.556. The van der Waals surface area contributed by atoms with Crippen molar-refractivity contribution in [1.82, 2.24) is 15.3 Å².